The lowest BCUT2D eigenvalue weighted by molar-refractivity contribution is 0.0928. The maximum atomic E-state index is 14.5. The summed E-state index contributed by atoms with van der Waals surface area (Å²) in [6, 6.07) is 5.83. The summed E-state index contributed by atoms with van der Waals surface area (Å²) in [5.41, 5.74) is -0.454. The number of fused-ring (bicyclic) bond motifs is 1. The van der Waals surface area contributed by atoms with Gasteiger partial charge in [-0.3, -0.25) is 9.20 Å². The van der Waals surface area contributed by atoms with E-state index in [9.17, 15) is 31.5 Å². The molecule has 3 N–H and O–H groups in total. The first-order valence-electron chi connectivity index (χ1n) is 11.0. The van der Waals surface area contributed by atoms with Crippen molar-refractivity contribution in [2.75, 3.05) is 6.54 Å². The molecule has 0 aliphatic rings. The van der Waals surface area contributed by atoms with Gasteiger partial charge in [-0.2, -0.15) is 0 Å². The molecule has 2 amide bonds. The van der Waals surface area contributed by atoms with Gasteiger partial charge in [-0.15, -0.1) is 0 Å². The predicted molar refractivity (Wildman–Crippen MR) is 123 cm³/mol. The van der Waals surface area contributed by atoms with Gasteiger partial charge in [-0.25, -0.2) is 31.7 Å². The largest absolute Gasteiger partial charge is 0.485 e. The number of carboxylic acid groups (broad SMARTS) is 1. The van der Waals surface area contributed by atoms with Gasteiger partial charge in [-0.1, -0.05) is 12.1 Å². The molecule has 0 fully saturated rings. The number of halogens is 5. The molecule has 0 spiro atoms. The third-order valence-electron chi connectivity index (χ3n) is 5.58. The second-order valence-corrected chi connectivity index (χ2v) is 8.14. The van der Waals surface area contributed by atoms with Gasteiger partial charge in [-0.05, 0) is 36.8 Å². The van der Waals surface area contributed by atoms with Crippen LogP contribution in [0.5, 0.6) is 5.75 Å². The number of hydrogen-bond donors (Lipinski definition) is 3. The van der Waals surface area contributed by atoms with Crippen molar-refractivity contribution in [3.8, 4) is 5.75 Å². The van der Waals surface area contributed by atoms with Crippen molar-refractivity contribution in [1.82, 2.24) is 20.0 Å². The van der Waals surface area contributed by atoms with Crippen molar-refractivity contribution < 1.29 is 41.4 Å². The van der Waals surface area contributed by atoms with Gasteiger partial charge in [0.15, 0.2) is 23.0 Å². The molecule has 2 aromatic carbocycles. The summed E-state index contributed by atoms with van der Waals surface area (Å²) in [5, 5.41) is 13.5. The minimum atomic E-state index is -1.42. The van der Waals surface area contributed by atoms with Gasteiger partial charge in [0, 0.05) is 18.8 Å². The van der Waals surface area contributed by atoms with Gasteiger partial charge in [0.25, 0.3) is 5.91 Å². The fourth-order valence-corrected chi connectivity index (χ4v) is 3.79. The highest BCUT2D eigenvalue weighted by Crippen LogP contribution is 2.26. The first-order chi connectivity index (χ1) is 18.0. The number of pyridine rings is 1. The zero-order valence-electron chi connectivity index (χ0n) is 19.6. The molecule has 1 atom stereocenters. The second kappa shape index (κ2) is 10.7. The molecule has 1 unspecified atom stereocenters. The van der Waals surface area contributed by atoms with E-state index in [1.165, 1.54) is 19.1 Å². The van der Waals surface area contributed by atoms with E-state index in [0.717, 1.165) is 40.9 Å². The summed E-state index contributed by atoms with van der Waals surface area (Å²) in [4.78, 5) is 28.5. The van der Waals surface area contributed by atoms with E-state index in [1.54, 1.807) is 0 Å². The van der Waals surface area contributed by atoms with Crippen LogP contribution in [0.25, 0.3) is 5.65 Å². The quantitative estimate of drug-likeness (QED) is 0.286. The highest BCUT2D eigenvalue weighted by molar-refractivity contribution is 5.95. The molecule has 0 radical (unpaired) electrons. The van der Waals surface area contributed by atoms with Crippen LogP contribution in [0.2, 0.25) is 0 Å². The summed E-state index contributed by atoms with van der Waals surface area (Å²) >= 11 is 0. The summed E-state index contributed by atoms with van der Waals surface area (Å²) in [5.74, 6) is -6.00. The number of ether oxygens (including phenoxy) is 1. The monoisotopic (exact) mass is 534 g/mol. The first kappa shape index (κ1) is 26.4. The Kier molecular flexibility index (Phi) is 7.46. The Bertz CT molecular complexity index is 1520. The second-order valence-electron chi connectivity index (χ2n) is 8.14. The van der Waals surface area contributed by atoms with Crippen LogP contribution in [0.15, 0.2) is 48.7 Å². The Balaban J connectivity index is 1.67. The molecule has 0 aliphatic heterocycles. The third-order valence-corrected chi connectivity index (χ3v) is 5.58. The Morgan fingerprint density at radius 3 is 2.39 bits per heavy atom. The van der Waals surface area contributed by atoms with Gasteiger partial charge in [0.1, 0.15) is 29.8 Å². The molecule has 4 rings (SSSR count). The summed E-state index contributed by atoms with van der Waals surface area (Å²) in [6.45, 7) is 0.436. The van der Waals surface area contributed by atoms with E-state index in [2.05, 4.69) is 15.6 Å². The maximum Gasteiger partial charge on any atom is 0.404 e. The molecule has 13 heteroatoms. The van der Waals surface area contributed by atoms with Crippen LogP contribution in [-0.4, -0.2) is 33.0 Å². The number of aromatic nitrogens is 2. The summed E-state index contributed by atoms with van der Waals surface area (Å²) in [7, 11) is 0. The lowest BCUT2D eigenvalue weighted by Gasteiger charge is -2.19. The Labute approximate surface area is 211 Å². The van der Waals surface area contributed by atoms with Crippen LogP contribution in [-0.2, 0) is 6.61 Å². The minimum Gasteiger partial charge on any atom is -0.485 e. The van der Waals surface area contributed by atoms with Crippen LogP contribution in [0.3, 0.4) is 0 Å². The lowest BCUT2D eigenvalue weighted by Crippen LogP contribution is -2.38. The van der Waals surface area contributed by atoms with Crippen LogP contribution >= 0.6 is 0 Å². The molecule has 8 nitrogen and oxygen atoms in total. The van der Waals surface area contributed by atoms with E-state index in [1.807, 2.05) is 0 Å². The van der Waals surface area contributed by atoms with Crippen molar-refractivity contribution in [2.24, 2.45) is 0 Å². The molecule has 38 heavy (non-hydrogen) atoms. The first-order valence-corrected chi connectivity index (χ1v) is 11.0. The van der Waals surface area contributed by atoms with Crippen molar-refractivity contribution in [1.29, 1.82) is 0 Å². The SMILES string of the molecule is Cc1nc2c(OCc3c(F)cccc3F)cc(F)cn2c1C(=O)NC(CNC(=O)O)c1ccc(F)c(F)c1. The summed E-state index contributed by atoms with van der Waals surface area (Å²) in [6.07, 6.45) is -0.490. The van der Waals surface area contributed by atoms with E-state index < -0.39 is 65.8 Å². The van der Waals surface area contributed by atoms with Crippen LogP contribution in [0.1, 0.15) is 33.4 Å². The minimum absolute atomic E-state index is 0.0427. The number of benzene rings is 2. The number of nitrogens with one attached hydrogen (secondary N) is 2. The van der Waals surface area contributed by atoms with Crippen LogP contribution in [0, 0.1) is 36.0 Å². The Morgan fingerprint density at radius 1 is 1.03 bits per heavy atom. The Hall–Kier alpha value is -4.68. The van der Waals surface area contributed by atoms with Crippen molar-refractivity contribution in [3.63, 3.8) is 0 Å². The molecular weight excluding hydrogens is 515 g/mol. The zero-order chi connectivity index (χ0) is 27.6. The van der Waals surface area contributed by atoms with Gasteiger partial charge in [0.2, 0.25) is 0 Å². The molecule has 198 valence electrons. The van der Waals surface area contributed by atoms with E-state index in [4.69, 9.17) is 9.84 Å². The van der Waals surface area contributed by atoms with Gasteiger partial charge < -0.3 is 20.5 Å². The number of aryl methyl sites for hydroxylation is 1. The third kappa shape index (κ3) is 5.51. The van der Waals surface area contributed by atoms with Gasteiger partial charge in [0.05, 0.1) is 17.3 Å². The number of carbonyl (C=O) groups excluding carboxylic acids is 1. The number of imidazole rings is 1. The average molecular weight is 534 g/mol. The molecule has 2 heterocycles. The predicted octanol–water partition coefficient (Wildman–Crippen LogP) is 4.66. The lowest BCUT2D eigenvalue weighted by atomic mass is 10.1. The summed E-state index contributed by atoms with van der Waals surface area (Å²) < 4.78 is 76.2. The standard InChI is InChI=1S/C25H19F5N4O4/c1-12-22(24(35)33-20(9-31-25(36)37)13-5-6-18(29)19(30)7-13)34-10-14(26)8-21(23(34)32-12)38-11-15-16(27)3-2-4-17(15)28/h2-8,10,20,31H,9,11H2,1H3,(H,33,35)(H,36,37). The van der Waals surface area contributed by atoms with E-state index in [0.29, 0.717) is 0 Å². The van der Waals surface area contributed by atoms with E-state index in [-0.39, 0.29) is 28.3 Å². The molecular formula is C25H19F5N4O4. The molecule has 0 saturated carbocycles. The fourth-order valence-electron chi connectivity index (χ4n) is 3.79. The van der Waals surface area contributed by atoms with Gasteiger partial charge >= 0.3 is 6.09 Å². The van der Waals surface area contributed by atoms with Crippen molar-refractivity contribution >= 4 is 17.6 Å². The van der Waals surface area contributed by atoms with Crippen molar-refractivity contribution in [2.45, 2.75) is 19.6 Å². The topological polar surface area (TPSA) is 105 Å². The van der Waals surface area contributed by atoms with E-state index >= 15 is 0 Å². The molecule has 4 aromatic rings. The highest BCUT2D eigenvalue weighted by Gasteiger charge is 2.24. The number of amides is 2. The molecule has 0 bridgehead atoms. The smallest absolute Gasteiger partial charge is 0.404 e. The molecule has 0 aliphatic carbocycles. The number of carbonyl (C=O) groups is 2. The molecule has 2 aromatic heterocycles. The van der Waals surface area contributed by atoms with Crippen molar-refractivity contribution in [3.05, 3.63) is 100 Å². The number of rotatable bonds is 8. The fraction of sp³-hybridized carbons (Fsp3) is 0.160. The number of nitrogens with zero attached hydrogens (tertiary/aromatic N) is 2. The maximum absolute atomic E-state index is 14.5. The zero-order valence-corrected chi connectivity index (χ0v) is 19.6. The average Bonchev–Trinajstić information content (AvgIpc) is 3.18. The molecule has 0 saturated heterocycles. The van der Waals surface area contributed by atoms with Crippen LogP contribution < -0.4 is 15.4 Å². The van der Waals surface area contributed by atoms with Crippen LogP contribution in [0.4, 0.5) is 26.7 Å². The normalized spacial score (nSPS) is 11.8. The highest BCUT2D eigenvalue weighted by atomic mass is 19.2. The number of hydrogen-bond acceptors (Lipinski definition) is 4. The Morgan fingerprint density at radius 2 is 1.74 bits per heavy atom.